The first-order valence-electron chi connectivity index (χ1n) is 23.9. The maximum absolute atomic E-state index is 14.7. The van der Waals surface area contributed by atoms with E-state index in [-0.39, 0.29) is 49.9 Å². The number of carbonyl (C=O) groups excluding carboxylic acids is 8. The van der Waals surface area contributed by atoms with Crippen molar-refractivity contribution < 1.29 is 57.3 Å². The van der Waals surface area contributed by atoms with E-state index in [1.54, 1.807) is 52.2 Å². The largest absolute Gasteiger partial charge is 0.496 e. The molecular formula is C51H66N10O12S. The van der Waals surface area contributed by atoms with E-state index >= 15 is 0 Å². The van der Waals surface area contributed by atoms with Crippen LogP contribution >= 0.6 is 11.3 Å². The van der Waals surface area contributed by atoms with Crippen LogP contribution < -0.4 is 36.6 Å². The van der Waals surface area contributed by atoms with Gasteiger partial charge in [0.25, 0.3) is 11.8 Å². The molecule has 8 N–H and O–H groups in total. The summed E-state index contributed by atoms with van der Waals surface area (Å²) in [6.07, 6.45) is 2.53. The fraction of sp³-hybridized carbons (Fsp3) is 0.431. The molecule has 2 aromatic carbocycles. The van der Waals surface area contributed by atoms with Crippen molar-refractivity contribution >= 4 is 80.6 Å². The van der Waals surface area contributed by atoms with E-state index in [1.807, 2.05) is 44.2 Å². The minimum atomic E-state index is -1.36. The zero-order chi connectivity index (χ0) is 54.3. The van der Waals surface area contributed by atoms with E-state index in [1.165, 1.54) is 26.5 Å². The van der Waals surface area contributed by atoms with Crippen molar-refractivity contribution in [3.63, 3.8) is 0 Å². The van der Waals surface area contributed by atoms with E-state index < -0.39 is 83.8 Å². The summed E-state index contributed by atoms with van der Waals surface area (Å²) in [7, 11) is 2.82. The molecule has 4 atom stereocenters. The third kappa shape index (κ3) is 16.4. The van der Waals surface area contributed by atoms with Crippen molar-refractivity contribution in [1.29, 1.82) is 0 Å². The number of hydrogen-bond acceptors (Lipinski definition) is 14. The van der Waals surface area contributed by atoms with Crippen molar-refractivity contribution in [3.05, 3.63) is 94.3 Å². The van der Waals surface area contributed by atoms with Gasteiger partial charge >= 0.3 is 12.1 Å². The lowest BCUT2D eigenvalue weighted by molar-refractivity contribution is -0.147. The van der Waals surface area contributed by atoms with Gasteiger partial charge in [0.2, 0.25) is 23.6 Å². The number of benzene rings is 2. The molecule has 0 saturated carbocycles. The van der Waals surface area contributed by atoms with Crippen LogP contribution in [0.4, 0.5) is 4.79 Å². The third-order valence-electron chi connectivity index (χ3n) is 11.0. The molecule has 5 rings (SSSR count). The molecule has 3 heterocycles. The van der Waals surface area contributed by atoms with Crippen LogP contribution in [0.3, 0.4) is 0 Å². The summed E-state index contributed by atoms with van der Waals surface area (Å²) in [6, 6.07) is 8.09. The monoisotopic (exact) mass is 1040 g/mol. The number of carbonyl (C=O) groups is 8. The number of fused-ring (bicyclic) bond motifs is 2. The summed E-state index contributed by atoms with van der Waals surface area (Å²) in [5.41, 5.74) is 1.54. The van der Waals surface area contributed by atoms with E-state index in [0.29, 0.717) is 39.4 Å². The SMILES string of the molecule is C=C(NC(=O)[C@@H](C)NC(=O)CNC(=O)[C@H](Cc1c[nH]c2cccc(OC)c12)NC(=O)[C@H](Cc1c[nH]c2ccccc12)NC(=O)c1csc([C@@H](COCC(C)C)NC(=O)OC(C)(C)C)n1)C(=O)N(C)CC(=O)OCC. The Kier molecular flexibility index (Phi) is 20.3. The fourth-order valence-corrected chi connectivity index (χ4v) is 8.31. The second-order valence-electron chi connectivity index (χ2n) is 18.7. The number of amides is 7. The van der Waals surface area contributed by atoms with Gasteiger partial charge in [-0.15, -0.1) is 11.3 Å². The summed E-state index contributed by atoms with van der Waals surface area (Å²) < 4.78 is 21.8. The molecule has 0 unspecified atom stereocenters. The van der Waals surface area contributed by atoms with Gasteiger partial charge in [-0.25, -0.2) is 9.78 Å². The molecule has 5 aromatic rings. The highest BCUT2D eigenvalue weighted by atomic mass is 32.1. The van der Waals surface area contributed by atoms with Gasteiger partial charge in [0.1, 0.15) is 52.8 Å². The minimum Gasteiger partial charge on any atom is -0.496 e. The lowest BCUT2D eigenvalue weighted by atomic mass is 10.0. The van der Waals surface area contributed by atoms with Gasteiger partial charge in [0.15, 0.2) is 0 Å². The number of para-hydroxylation sites is 1. The smallest absolute Gasteiger partial charge is 0.408 e. The number of hydrogen-bond donors (Lipinski definition) is 8. The zero-order valence-corrected chi connectivity index (χ0v) is 43.8. The van der Waals surface area contributed by atoms with E-state index in [4.69, 9.17) is 18.9 Å². The Bertz CT molecular complexity index is 2830. The molecule has 0 bridgehead atoms. The predicted molar refractivity (Wildman–Crippen MR) is 276 cm³/mol. The number of methoxy groups -OCH3 is 1. The Balaban J connectivity index is 1.37. The average molecular weight is 1040 g/mol. The number of nitrogens with zero attached hydrogens (tertiary/aromatic N) is 2. The summed E-state index contributed by atoms with van der Waals surface area (Å²) in [5, 5.41) is 19.0. The number of aromatic amines is 2. The number of likely N-dealkylation sites (N-methyl/N-ethyl adjacent to an activating group) is 1. The average Bonchev–Trinajstić information content (AvgIpc) is 4.11. The number of nitrogens with one attached hydrogen (secondary N) is 8. The van der Waals surface area contributed by atoms with Gasteiger partial charge < -0.3 is 65.7 Å². The molecule has 23 heteroatoms. The maximum atomic E-state index is 14.7. The molecular weight excluding hydrogens is 977 g/mol. The van der Waals surface area contributed by atoms with Crippen molar-refractivity contribution in [2.24, 2.45) is 5.92 Å². The van der Waals surface area contributed by atoms with Crippen LogP contribution in [0.15, 0.2) is 72.5 Å². The number of rotatable bonds is 25. The summed E-state index contributed by atoms with van der Waals surface area (Å²) in [6.45, 7) is 15.2. The molecule has 22 nitrogen and oxygen atoms in total. The van der Waals surface area contributed by atoms with Crippen LogP contribution in [0, 0.1) is 5.92 Å². The van der Waals surface area contributed by atoms with Crippen LogP contribution in [0.5, 0.6) is 5.75 Å². The fourth-order valence-electron chi connectivity index (χ4n) is 7.47. The van der Waals surface area contributed by atoms with Gasteiger partial charge in [-0.1, -0.05) is 44.7 Å². The van der Waals surface area contributed by atoms with E-state index in [0.717, 1.165) is 27.1 Å². The van der Waals surface area contributed by atoms with Gasteiger partial charge in [-0.2, -0.15) is 0 Å². The number of ether oxygens (including phenoxy) is 4. The van der Waals surface area contributed by atoms with E-state index in [9.17, 15) is 38.4 Å². The molecule has 0 aliphatic rings. The zero-order valence-electron chi connectivity index (χ0n) is 43.0. The predicted octanol–water partition coefficient (Wildman–Crippen LogP) is 3.69. The molecule has 3 aromatic heterocycles. The summed E-state index contributed by atoms with van der Waals surface area (Å²) >= 11 is 1.11. The molecule has 0 saturated heterocycles. The number of H-pyrrole nitrogens is 2. The molecule has 0 aliphatic heterocycles. The van der Waals surface area contributed by atoms with Crippen LogP contribution in [0.25, 0.3) is 21.8 Å². The third-order valence-corrected chi connectivity index (χ3v) is 11.9. The van der Waals surface area contributed by atoms with Gasteiger partial charge in [-0.3, -0.25) is 33.6 Å². The minimum absolute atomic E-state index is 0.0383. The van der Waals surface area contributed by atoms with Crippen LogP contribution in [0.1, 0.15) is 81.1 Å². The molecule has 7 amide bonds. The van der Waals surface area contributed by atoms with Crippen LogP contribution in [-0.4, -0.2) is 138 Å². The summed E-state index contributed by atoms with van der Waals surface area (Å²) in [5.74, 6) is -4.59. The van der Waals surface area contributed by atoms with Crippen molar-refractivity contribution in [3.8, 4) is 5.75 Å². The topological polar surface area (TPSA) is 293 Å². The highest BCUT2D eigenvalue weighted by molar-refractivity contribution is 7.10. The van der Waals surface area contributed by atoms with E-state index in [2.05, 4.69) is 53.4 Å². The molecule has 0 fully saturated rings. The Morgan fingerprint density at radius 3 is 2.20 bits per heavy atom. The number of esters is 1. The maximum Gasteiger partial charge on any atom is 0.408 e. The quantitative estimate of drug-likeness (QED) is 0.0306. The second kappa shape index (κ2) is 26.2. The Hall–Kier alpha value is -7.79. The Morgan fingerprint density at radius 1 is 0.824 bits per heavy atom. The van der Waals surface area contributed by atoms with Gasteiger partial charge in [0.05, 0.1) is 32.6 Å². The van der Waals surface area contributed by atoms with Crippen molar-refractivity contribution in [1.82, 2.24) is 51.8 Å². The Labute approximate surface area is 432 Å². The number of alkyl carbamates (subject to hydrolysis) is 1. The molecule has 0 spiro atoms. The van der Waals surface area contributed by atoms with Gasteiger partial charge in [0, 0.05) is 66.1 Å². The van der Waals surface area contributed by atoms with Crippen LogP contribution in [0.2, 0.25) is 0 Å². The first-order valence-corrected chi connectivity index (χ1v) is 24.7. The van der Waals surface area contributed by atoms with Gasteiger partial charge in [-0.05, 0) is 69.9 Å². The normalized spacial score (nSPS) is 12.9. The Morgan fingerprint density at radius 2 is 1.50 bits per heavy atom. The first kappa shape index (κ1) is 57.1. The standard InChI is InChI=1S/C51H66N10O12S/c1-11-72-42(63)24-61(9)49(68)30(5)56-44(64)29(4)55-41(62)23-54-45(65)36(20-32-22-53-35-17-14-18-40(70-10)43(32)35)57-46(66)37(19-31-21-52-34-16-13-12-15-33(31)34)58-47(67)39-27-74-48(59-39)38(26-71-25-28(2)3)60-50(69)73-51(6,7)8/h12-18,21-22,27-29,36-38,52-53H,5,11,19-20,23-26H2,1-4,6-10H3,(H,54,65)(H,55,62)(H,56,64)(H,57,66)(H,58,67)(H,60,69)/t29-,36+,37+,38-/m1/s1. The highest BCUT2D eigenvalue weighted by Crippen LogP contribution is 2.30. The lowest BCUT2D eigenvalue weighted by Crippen LogP contribution is -2.56. The van der Waals surface area contributed by atoms with Crippen molar-refractivity contribution in [2.75, 3.05) is 47.1 Å². The lowest BCUT2D eigenvalue weighted by Gasteiger charge is -2.23. The highest BCUT2D eigenvalue weighted by Gasteiger charge is 2.32. The number of thiazole rings is 1. The molecule has 0 aliphatic carbocycles. The molecule has 74 heavy (non-hydrogen) atoms. The van der Waals surface area contributed by atoms with Crippen molar-refractivity contribution in [2.45, 2.75) is 91.1 Å². The van der Waals surface area contributed by atoms with Crippen LogP contribution in [-0.2, 0) is 55.8 Å². The summed E-state index contributed by atoms with van der Waals surface area (Å²) in [4.78, 5) is 119. The molecule has 398 valence electrons. The molecule has 0 radical (unpaired) electrons. The number of aromatic nitrogens is 3. The second-order valence-corrected chi connectivity index (χ2v) is 19.6. The first-order chi connectivity index (χ1) is 35.1.